The monoisotopic (exact) mass is 246 g/mol. The Hall–Kier alpha value is -1.51. The maximum absolute atomic E-state index is 11.8. The van der Waals surface area contributed by atoms with Gasteiger partial charge in [0.25, 0.3) is 5.91 Å². The molecule has 1 aromatic carbocycles. The predicted molar refractivity (Wildman–Crippen MR) is 75.1 cm³/mol. The lowest BCUT2D eigenvalue weighted by Gasteiger charge is -2.28. The summed E-state index contributed by atoms with van der Waals surface area (Å²) in [6, 6.07) is 7.97. The average Bonchev–Trinajstić information content (AvgIpc) is 2.46. The van der Waals surface area contributed by atoms with Gasteiger partial charge in [-0.1, -0.05) is 6.92 Å². The number of carbonyl (C=O) groups excluding carboxylic acids is 1. The molecular formula is C15H22N2O. The first-order valence-electron chi connectivity index (χ1n) is 6.94. The van der Waals surface area contributed by atoms with Gasteiger partial charge in [-0.05, 0) is 49.9 Å². The van der Waals surface area contributed by atoms with Crippen LogP contribution < -0.4 is 10.2 Å². The second kappa shape index (κ2) is 6.43. The number of carbonyl (C=O) groups is 1. The molecular weight excluding hydrogens is 224 g/mol. The van der Waals surface area contributed by atoms with Crippen LogP contribution in [0.15, 0.2) is 24.3 Å². The lowest BCUT2D eigenvalue weighted by atomic mass is 10.1. The molecule has 0 unspecified atom stereocenters. The number of benzene rings is 1. The van der Waals surface area contributed by atoms with Crippen molar-refractivity contribution in [3.05, 3.63) is 29.8 Å². The van der Waals surface area contributed by atoms with E-state index in [9.17, 15) is 4.79 Å². The molecule has 98 valence electrons. The van der Waals surface area contributed by atoms with Gasteiger partial charge in [0.05, 0.1) is 0 Å². The molecule has 1 heterocycles. The van der Waals surface area contributed by atoms with Crippen LogP contribution in [0, 0.1) is 0 Å². The number of rotatable bonds is 4. The number of amides is 1. The van der Waals surface area contributed by atoms with E-state index in [0.717, 1.165) is 31.6 Å². The molecule has 0 radical (unpaired) electrons. The molecule has 3 heteroatoms. The Morgan fingerprint density at radius 2 is 1.83 bits per heavy atom. The molecule has 3 nitrogen and oxygen atoms in total. The van der Waals surface area contributed by atoms with E-state index in [1.165, 1.54) is 24.9 Å². The first-order valence-corrected chi connectivity index (χ1v) is 6.94. The van der Waals surface area contributed by atoms with Crippen molar-refractivity contribution in [1.82, 2.24) is 5.32 Å². The van der Waals surface area contributed by atoms with Gasteiger partial charge in [-0.25, -0.2) is 0 Å². The molecule has 1 aliphatic heterocycles. The van der Waals surface area contributed by atoms with Crippen molar-refractivity contribution in [2.45, 2.75) is 32.6 Å². The summed E-state index contributed by atoms with van der Waals surface area (Å²) < 4.78 is 0. The zero-order chi connectivity index (χ0) is 12.8. The molecule has 0 atom stereocenters. The SMILES string of the molecule is CCCNC(=O)c1ccc(N2CCCCC2)cc1. The summed E-state index contributed by atoms with van der Waals surface area (Å²) in [6.07, 6.45) is 4.86. The van der Waals surface area contributed by atoms with Crippen LogP contribution in [-0.4, -0.2) is 25.5 Å². The van der Waals surface area contributed by atoms with Crippen LogP contribution >= 0.6 is 0 Å². The summed E-state index contributed by atoms with van der Waals surface area (Å²) >= 11 is 0. The normalized spacial score (nSPS) is 15.5. The van der Waals surface area contributed by atoms with E-state index in [1.54, 1.807) is 0 Å². The molecule has 0 aromatic heterocycles. The Balaban J connectivity index is 1.98. The number of nitrogens with one attached hydrogen (secondary N) is 1. The van der Waals surface area contributed by atoms with E-state index in [0.29, 0.717) is 0 Å². The van der Waals surface area contributed by atoms with Crippen molar-refractivity contribution < 1.29 is 4.79 Å². The Morgan fingerprint density at radius 3 is 2.44 bits per heavy atom. The lowest BCUT2D eigenvalue weighted by Crippen LogP contribution is -2.29. The van der Waals surface area contributed by atoms with Gasteiger partial charge in [-0.2, -0.15) is 0 Å². The summed E-state index contributed by atoms with van der Waals surface area (Å²) in [5.41, 5.74) is 1.99. The van der Waals surface area contributed by atoms with E-state index in [-0.39, 0.29) is 5.91 Å². The molecule has 1 fully saturated rings. The van der Waals surface area contributed by atoms with Crippen molar-refractivity contribution in [2.75, 3.05) is 24.5 Å². The zero-order valence-electron chi connectivity index (χ0n) is 11.1. The largest absolute Gasteiger partial charge is 0.372 e. The van der Waals surface area contributed by atoms with Crippen molar-refractivity contribution in [1.29, 1.82) is 0 Å². The van der Waals surface area contributed by atoms with Gasteiger partial charge in [0.15, 0.2) is 0 Å². The van der Waals surface area contributed by atoms with Gasteiger partial charge in [-0.3, -0.25) is 4.79 Å². The van der Waals surface area contributed by atoms with Crippen LogP contribution in [0.2, 0.25) is 0 Å². The molecule has 0 saturated carbocycles. The minimum absolute atomic E-state index is 0.0297. The molecule has 2 rings (SSSR count). The second-order valence-corrected chi connectivity index (χ2v) is 4.85. The Bertz CT molecular complexity index is 380. The highest BCUT2D eigenvalue weighted by molar-refractivity contribution is 5.94. The minimum Gasteiger partial charge on any atom is -0.372 e. The molecule has 1 N–H and O–H groups in total. The molecule has 18 heavy (non-hydrogen) atoms. The standard InChI is InChI=1S/C15H22N2O/c1-2-10-16-15(18)13-6-8-14(9-7-13)17-11-4-3-5-12-17/h6-9H,2-5,10-12H2,1H3,(H,16,18). The van der Waals surface area contributed by atoms with Gasteiger partial charge in [0, 0.05) is 30.9 Å². The van der Waals surface area contributed by atoms with E-state index in [4.69, 9.17) is 0 Å². The van der Waals surface area contributed by atoms with Crippen LogP contribution in [-0.2, 0) is 0 Å². The van der Waals surface area contributed by atoms with Crippen LogP contribution in [0.4, 0.5) is 5.69 Å². The molecule has 1 amide bonds. The first-order chi connectivity index (χ1) is 8.81. The topological polar surface area (TPSA) is 32.3 Å². The highest BCUT2D eigenvalue weighted by atomic mass is 16.1. The third kappa shape index (κ3) is 3.25. The summed E-state index contributed by atoms with van der Waals surface area (Å²) in [5, 5.41) is 2.90. The average molecular weight is 246 g/mol. The van der Waals surface area contributed by atoms with E-state index in [2.05, 4.69) is 29.3 Å². The Kier molecular flexibility index (Phi) is 4.62. The number of piperidine rings is 1. The predicted octanol–water partition coefficient (Wildman–Crippen LogP) is 2.82. The number of nitrogens with zero attached hydrogens (tertiary/aromatic N) is 1. The quantitative estimate of drug-likeness (QED) is 0.886. The maximum Gasteiger partial charge on any atom is 0.251 e. The smallest absolute Gasteiger partial charge is 0.251 e. The van der Waals surface area contributed by atoms with Crippen LogP contribution in [0.5, 0.6) is 0 Å². The third-order valence-electron chi connectivity index (χ3n) is 3.39. The van der Waals surface area contributed by atoms with Crippen molar-refractivity contribution in [2.24, 2.45) is 0 Å². The van der Waals surface area contributed by atoms with Crippen LogP contribution in [0.3, 0.4) is 0 Å². The number of anilines is 1. The second-order valence-electron chi connectivity index (χ2n) is 4.85. The maximum atomic E-state index is 11.8. The fourth-order valence-corrected chi connectivity index (χ4v) is 2.32. The molecule has 1 saturated heterocycles. The van der Waals surface area contributed by atoms with Gasteiger partial charge in [-0.15, -0.1) is 0 Å². The van der Waals surface area contributed by atoms with Crippen LogP contribution in [0.25, 0.3) is 0 Å². The van der Waals surface area contributed by atoms with Gasteiger partial charge in [0.2, 0.25) is 0 Å². The lowest BCUT2D eigenvalue weighted by molar-refractivity contribution is 0.0953. The van der Waals surface area contributed by atoms with Crippen LogP contribution in [0.1, 0.15) is 43.0 Å². The molecule has 1 aliphatic rings. The van der Waals surface area contributed by atoms with E-state index in [1.807, 2.05) is 12.1 Å². The van der Waals surface area contributed by atoms with Gasteiger partial charge < -0.3 is 10.2 Å². The molecule has 0 spiro atoms. The molecule has 1 aromatic rings. The van der Waals surface area contributed by atoms with Crippen molar-refractivity contribution in [3.8, 4) is 0 Å². The number of hydrogen-bond donors (Lipinski definition) is 1. The summed E-state index contributed by atoms with van der Waals surface area (Å²) in [5.74, 6) is 0.0297. The van der Waals surface area contributed by atoms with Gasteiger partial charge >= 0.3 is 0 Å². The summed E-state index contributed by atoms with van der Waals surface area (Å²) in [7, 11) is 0. The summed E-state index contributed by atoms with van der Waals surface area (Å²) in [6.45, 7) is 5.08. The third-order valence-corrected chi connectivity index (χ3v) is 3.39. The molecule has 0 aliphatic carbocycles. The zero-order valence-corrected chi connectivity index (χ0v) is 11.1. The molecule has 0 bridgehead atoms. The first kappa shape index (κ1) is 12.9. The van der Waals surface area contributed by atoms with Gasteiger partial charge in [0.1, 0.15) is 0 Å². The van der Waals surface area contributed by atoms with E-state index >= 15 is 0 Å². The minimum atomic E-state index is 0.0297. The fourth-order valence-electron chi connectivity index (χ4n) is 2.32. The fraction of sp³-hybridized carbons (Fsp3) is 0.533. The van der Waals surface area contributed by atoms with Crippen molar-refractivity contribution >= 4 is 11.6 Å². The van der Waals surface area contributed by atoms with E-state index < -0.39 is 0 Å². The highest BCUT2D eigenvalue weighted by Gasteiger charge is 2.11. The highest BCUT2D eigenvalue weighted by Crippen LogP contribution is 2.20. The summed E-state index contributed by atoms with van der Waals surface area (Å²) in [4.78, 5) is 14.2. The Morgan fingerprint density at radius 1 is 1.17 bits per heavy atom. The Labute approximate surface area is 109 Å². The van der Waals surface area contributed by atoms with Crippen molar-refractivity contribution in [3.63, 3.8) is 0 Å². The number of hydrogen-bond acceptors (Lipinski definition) is 2.